The number of rotatable bonds is 57. The Morgan fingerprint density at radius 2 is 0.514 bits per heavy atom. The number of hydrogen-bond acceptors (Lipinski definition) is 6. The summed E-state index contributed by atoms with van der Waals surface area (Å²) < 4.78 is 16.9. The molecule has 0 amide bonds. The predicted molar refractivity (Wildman–Crippen MR) is 302 cm³/mol. The van der Waals surface area contributed by atoms with E-state index < -0.39 is 6.10 Å². The van der Waals surface area contributed by atoms with Crippen molar-refractivity contribution in [2.24, 2.45) is 0 Å². The van der Waals surface area contributed by atoms with E-state index in [0.717, 1.165) is 70.6 Å². The van der Waals surface area contributed by atoms with Gasteiger partial charge in [0.1, 0.15) is 13.2 Å². The minimum Gasteiger partial charge on any atom is -0.462 e. The highest BCUT2D eigenvalue weighted by atomic mass is 16.6. The first kappa shape index (κ1) is 67.6. The van der Waals surface area contributed by atoms with Crippen molar-refractivity contribution in [1.82, 2.24) is 0 Å². The minimum atomic E-state index is -0.775. The third-order valence-electron chi connectivity index (χ3n) is 13.9. The molecule has 1 atom stereocenters. The van der Waals surface area contributed by atoms with Crippen molar-refractivity contribution in [3.05, 3.63) is 36.5 Å². The number of unbranched alkanes of at least 4 members (excludes halogenated alkanes) is 40. The molecule has 410 valence electrons. The zero-order chi connectivity index (χ0) is 50.7. The van der Waals surface area contributed by atoms with Crippen molar-refractivity contribution in [3.8, 4) is 0 Å². The summed E-state index contributed by atoms with van der Waals surface area (Å²) in [6.07, 6.45) is 71.4. The van der Waals surface area contributed by atoms with Gasteiger partial charge in [0.2, 0.25) is 0 Å². The Labute approximate surface area is 435 Å². The lowest BCUT2D eigenvalue weighted by Gasteiger charge is -2.18. The SMILES string of the molecule is CCCCC/C=C\C/C=C\CCCCCCCCCCCC(=O)OCC(COC(=O)CCCCCCC/C=C\CCCCCCC)OC(=O)CCCCCCCCCCCCCCCCCCCCC. The highest BCUT2D eigenvalue weighted by Crippen LogP contribution is 2.17. The van der Waals surface area contributed by atoms with Crippen molar-refractivity contribution >= 4 is 17.9 Å². The normalized spacial score (nSPS) is 12.2. The van der Waals surface area contributed by atoms with Crippen LogP contribution in [0.4, 0.5) is 0 Å². The van der Waals surface area contributed by atoms with E-state index in [9.17, 15) is 14.4 Å². The smallest absolute Gasteiger partial charge is 0.306 e. The fourth-order valence-corrected chi connectivity index (χ4v) is 9.18. The first-order valence-electron chi connectivity index (χ1n) is 31.0. The summed E-state index contributed by atoms with van der Waals surface area (Å²) >= 11 is 0. The molecule has 0 saturated heterocycles. The topological polar surface area (TPSA) is 78.9 Å². The van der Waals surface area contributed by atoms with Crippen LogP contribution in [0.15, 0.2) is 36.5 Å². The van der Waals surface area contributed by atoms with Gasteiger partial charge in [-0.25, -0.2) is 0 Å². The molecular weight excluding hydrogens is 865 g/mol. The van der Waals surface area contributed by atoms with Crippen molar-refractivity contribution in [1.29, 1.82) is 0 Å². The van der Waals surface area contributed by atoms with E-state index in [1.165, 1.54) is 225 Å². The number of carbonyl (C=O) groups is 3. The second kappa shape index (κ2) is 59.2. The first-order chi connectivity index (χ1) is 34.5. The number of esters is 3. The van der Waals surface area contributed by atoms with Crippen LogP contribution in [0.2, 0.25) is 0 Å². The van der Waals surface area contributed by atoms with Gasteiger partial charge in [0.15, 0.2) is 6.10 Å². The highest BCUT2D eigenvalue weighted by molar-refractivity contribution is 5.71. The zero-order valence-corrected chi connectivity index (χ0v) is 47.1. The van der Waals surface area contributed by atoms with Crippen molar-refractivity contribution < 1.29 is 28.6 Å². The van der Waals surface area contributed by atoms with E-state index >= 15 is 0 Å². The molecule has 0 rings (SSSR count). The van der Waals surface area contributed by atoms with Crippen molar-refractivity contribution in [2.75, 3.05) is 13.2 Å². The van der Waals surface area contributed by atoms with Gasteiger partial charge in [0, 0.05) is 19.3 Å². The van der Waals surface area contributed by atoms with Crippen LogP contribution in [0.25, 0.3) is 0 Å². The molecule has 0 aromatic rings. The van der Waals surface area contributed by atoms with Crippen LogP contribution in [-0.4, -0.2) is 37.2 Å². The maximum absolute atomic E-state index is 12.9. The molecule has 0 aliphatic rings. The number of ether oxygens (including phenoxy) is 3. The maximum Gasteiger partial charge on any atom is 0.306 e. The lowest BCUT2D eigenvalue weighted by atomic mass is 10.0. The quantitative estimate of drug-likeness (QED) is 0.0261. The van der Waals surface area contributed by atoms with E-state index in [1.54, 1.807) is 0 Å². The Morgan fingerprint density at radius 1 is 0.286 bits per heavy atom. The Hall–Kier alpha value is -2.37. The molecule has 0 N–H and O–H groups in total. The Morgan fingerprint density at radius 3 is 0.829 bits per heavy atom. The van der Waals surface area contributed by atoms with Gasteiger partial charge in [0.25, 0.3) is 0 Å². The summed E-state index contributed by atoms with van der Waals surface area (Å²) in [6.45, 7) is 6.65. The van der Waals surface area contributed by atoms with E-state index in [1.807, 2.05) is 0 Å². The molecule has 0 heterocycles. The monoisotopic (exact) mass is 983 g/mol. The maximum atomic E-state index is 12.9. The molecule has 0 aliphatic heterocycles. The third-order valence-corrected chi connectivity index (χ3v) is 13.9. The zero-order valence-electron chi connectivity index (χ0n) is 47.1. The first-order valence-corrected chi connectivity index (χ1v) is 31.0. The average molecular weight is 984 g/mol. The summed E-state index contributed by atoms with van der Waals surface area (Å²) in [5.74, 6) is -0.863. The minimum absolute atomic E-state index is 0.0731. The molecule has 6 heteroatoms. The van der Waals surface area contributed by atoms with Crippen LogP contribution in [0.5, 0.6) is 0 Å². The Kier molecular flexibility index (Phi) is 57.2. The van der Waals surface area contributed by atoms with Gasteiger partial charge < -0.3 is 14.2 Å². The number of allylic oxidation sites excluding steroid dienone is 6. The van der Waals surface area contributed by atoms with Gasteiger partial charge in [0.05, 0.1) is 0 Å². The molecule has 6 nitrogen and oxygen atoms in total. The van der Waals surface area contributed by atoms with Gasteiger partial charge in [-0.1, -0.05) is 276 Å². The van der Waals surface area contributed by atoms with Crippen LogP contribution >= 0.6 is 0 Å². The van der Waals surface area contributed by atoms with Gasteiger partial charge in [-0.2, -0.15) is 0 Å². The number of carbonyl (C=O) groups excluding carboxylic acids is 3. The van der Waals surface area contributed by atoms with E-state index in [2.05, 4.69) is 57.2 Å². The molecule has 0 saturated carbocycles. The second-order valence-electron chi connectivity index (χ2n) is 21.0. The standard InChI is InChI=1S/C64H118O6/c1-4-7-10-13-16-19-22-25-28-30-32-34-36-39-42-45-48-51-54-57-63(66)69-60-61(59-68-62(65)56-53-50-47-44-41-38-27-24-21-18-15-12-9-6-3)70-64(67)58-55-52-49-46-43-40-37-35-33-31-29-26-23-20-17-14-11-8-5-2/h16,19,24-25,27-28,61H,4-15,17-18,20-23,26,29-60H2,1-3H3/b19-16-,27-24-,28-25-. The summed E-state index contributed by atoms with van der Waals surface area (Å²) in [5, 5.41) is 0. The summed E-state index contributed by atoms with van der Waals surface area (Å²) in [7, 11) is 0. The van der Waals surface area contributed by atoms with Gasteiger partial charge in [-0.15, -0.1) is 0 Å². The van der Waals surface area contributed by atoms with Crippen LogP contribution in [0, 0.1) is 0 Å². The Balaban J connectivity index is 4.33. The lowest BCUT2D eigenvalue weighted by Crippen LogP contribution is -2.30. The summed E-state index contributed by atoms with van der Waals surface area (Å²) in [5.41, 5.74) is 0. The van der Waals surface area contributed by atoms with Gasteiger partial charge in [-0.05, 0) is 77.0 Å². The highest BCUT2D eigenvalue weighted by Gasteiger charge is 2.19. The lowest BCUT2D eigenvalue weighted by molar-refractivity contribution is -0.167. The van der Waals surface area contributed by atoms with Crippen LogP contribution in [0.1, 0.15) is 335 Å². The molecule has 0 aromatic carbocycles. The van der Waals surface area contributed by atoms with E-state index in [-0.39, 0.29) is 31.1 Å². The van der Waals surface area contributed by atoms with Crippen LogP contribution < -0.4 is 0 Å². The Bertz CT molecular complexity index is 1170. The van der Waals surface area contributed by atoms with E-state index in [0.29, 0.717) is 19.3 Å². The fraction of sp³-hybridized carbons (Fsp3) is 0.859. The van der Waals surface area contributed by atoms with Crippen molar-refractivity contribution in [3.63, 3.8) is 0 Å². The van der Waals surface area contributed by atoms with Crippen LogP contribution in [-0.2, 0) is 28.6 Å². The molecule has 0 bridgehead atoms. The molecule has 70 heavy (non-hydrogen) atoms. The number of hydrogen-bond donors (Lipinski definition) is 0. The average Bonchev–Trinajstić information content (AvgIpc) is 3.36. The molecular formula is C64H118O6. The summed E-state index contributed by atoms with van der Waals surface area (Å²) in [6, 6.07) is 0. The second-order valence-corrected chi connectivity index (χ2v) is 21.0. The molecule has 0 aliphatic carbocycles. The molecule has 0 fully saturated rings. The fourth-order valence-electron chi connectivity index (χ4n) is 9.18. The molecule has 0 spiro atoms. The molecule has 1 unspecified atom stereocenters. The molecule has 0 aromatic heterocycles. The van der Waals surface area contributed by atoms with Crippen LogP contribution in [0.3, 0.4) is 0 Å². The summed E-state index contributed by atoms with van der Waals surface area (Å²) in [4.78, 5) is 38.2. The third kappa shape index (κ3) is 56.5. The largest absolute Gasteiger partial charge is 0.462 e. The predicted octanol–water partition coefficient (Wildman–Crippen LogP) is 20.8. The van der Waals surface area contributed by atoms with E-state index in [4.69, 9.17) is 14.2 Å². The van der Waals surface area contributed by atoms with Crippen molar-refractivity contribution in [2.45, 2.75) is 341 Å². The molecule has 0 radical (unpaired) electrons. The van der Waals surface area contributed by atoms with Gasteiger partial charge in [-0.3, -0.25) is 14.4 Å². The van der Waals surface area contributed by atoms with Gasteiger partial charge >= 0.3 is 17.9 Å².